The van der Waals surface area contributed by atoms with Gasteiger partial charge in [0.2, 0.25) is 0 Å². The fraction of sp³-hybridized carbons (Fsp3) is 0.0769. The van der Waals surface area contributed by atoms with Gasteiger partial charge in [-0.2, -0.15) is 0 Å². The molecule has 3 aromatic rings. The Hall–Kier alpha value is -2.76. The Kier molecular flexibility index (Phi) is 2.31. The van der Waals surface area contributed by atoms with Crippen molar-refractivity contribution in [3.8, 4) is 17.1 Å². The van der Waals surface area contributed by atoms with E-state index >= 15 is 0 Å². The molecule has 3 rings (SSSR count). The van der Waals surface area contributed by atoms with Crippen molar-refractivity contribution in [2.45, 2.75) is 0 Å². The number of phenolic OH excluding ortho intramolecular Hbond substituents is 1. The number of hydrogen-bond donors (Lipinski definition) is 2. The summed E-state index contributed by atoms with van der Waals surface area (Å²) in [4.78, 5) is 11.1. The van der Waals surface area contributed by atoms with Crippen LogP contribution in [0.2, 0.25) is 0 Å². The Morgan fingerprint density at radius 1 is 1.42 bits per heavy atom. The van der Waals surface area contributed by atoms with E-state index in [1.165, 1.54) is 6.20 Å². The van der Waals surface area contributed by atoms with Crippen molar-refractivity contribution in [1.29, 1.82) is 0 Å². The van der Waals surface area contributed by atoms with Crippen molar-refractivity contribution in [3.63, 3.8) is 0 Å². The number of aryl methyl sites for hydroxylation is 1. The van der Waals surface area contributed by atoms with Gasteiger partial charge in [0.25, 0.3) is 0 Å². The molecule has 0 aliphatic rings. The molecule has 0 saturated carbocycles. The highest BCUT2D eigenvalue weighted by atomic mass is 16.5. The van der Waals surface area contributed by atoms with Gasteiger partial charge in [0.05, 0.1) is 11.7 Å². The molecule has 1 aromatic carbocycles. The summed E-state index contributed by atoms with van der Waals surface area (Å²) >= 11 is 0. The number of carboxylic acids is 1. The molecule has 2 aromatic heterocycles. The molecule has 0 amide bonds. The molecule has 96 valence electrons. The van der Waals surface area contributed by atoms with Gasteiger partial charge in [-0.15, -0.1) is 0 Å². The van der Waals surface area contributed by atoms with Gasteiger partial charge in [0, 0.05) is 24.2 Å². The van der Waals surface area contributed by atoms with Crippen LogP contribution in [0.25, 0.3) is 22.2 Å². The summed E-state index contributed by atoms with van der Waals surface area (Å²) in [7, 11) is 1.77. The average Bonchev–Trinajstić information content (AvgIpc) is 2.94. The van der Waals surface area contributed by atoms with Crippen LogP contribution in [-0.4, -0.2) is 25.9 Å². The van der Waals surface area contributed by atoms with E-state index < -0.39 is 5.97 Å². The minimum Gasteiger partial charge on any atom is -0.506 e. The largest absolute Gasteiger partial charge is 0.506 e. The van der Waals surface area contributed by atoms with Crippen LogP contribution in [0.3, 0.4) is 0 Å². The number of para-hydroxylation sites is 1. The van der Waals surface area contributed by atoms with Gasteiger partial charge in [0.15, 0.2) is 5.76 Å². The molecule has 0 aliphatic carbocycles. The number of hydrogen-bond acceptors (Lipinski definition) is 4. The van der Waals surface area contributed by atoms with Gasteiger partial charge in [-0.05, 0) is 6.07 Å². The average molecular weight is 258 g/mol. The second-order valence-electron chi connectivity index (χ2n) is 4.20. The van der Waals surface area contributed by atoms with Crippen molar-refractivity contribution in [3.05, 3.63) is 36.2 Å². The first kappa shape index (κ1) is 11.3. The number of nitrogens with zero attached hydrogens (tertiary/aromatic N) is 2. The highest BCUT2D eigenvalue weighted by Crippen LogP contribution is 2.35. The Bertz CT molecular complexity index is 785. The summed E-state index contributed by atoms with van der Waals surface area (Å²) in [6, 6.07) is 5.06. The zero-order chi connectivity index (χ0) is 13.6. The minimum atomic E-state index is -1.10. The third-order valence-electron chi connectivity index (χ3n) is 3.03. The Morgan fingerprint density at radius 2 is 2.21 bits per heavy atom. The molecule has 0 radical (unpaired) electrons. The van der Waals surface area contributed by atoms with Crippen LogP contribution < -0.4 is 0 Å². The lowest BCUT2D eigenvalue weighted by atomic mass is 10.1. The van der Waals surface area contributed by atoms with Crippen molar-refractivity contribution in [2.75, 3.05) is 0 Å². The second-order valence-corrected chi connectivity index (χ2v) is 4.20. The van der Waals surface area contributed by atoms with Crippen molar-refractivity contribution in [1.82, 2.24) is 9.72 Å². The van der Waals surface area contributed by atoms with E-state index in [2.05, 4.69) is 5.16 Å². The molecule has 0 unspecified atom stereocenters. The fourth-order valence-electron chi connectivity index (χ4n) is 2.21. The predicted molar refractivity (Wildman–Crippen MR) is 67.0 cm³/mol. The smallest absolute Gasteiger partial charge is 0.341 e. The molecule has 0 fully saturated rings. The fourth-order valence-corrected chi connectivity index (χ4v) is 2.21. The van der Waals surface area contributed by atoms with Crippen LogP contribution in [0.1, 0.15) is 10.4 Å². The first-order valence-electron chi connectivity index (χ1n) is 5.55. The maximum atomic E-state index is 11.1. The topological polar surface area (TPSA) is 88.5 Å². The van der Waals surface area contributed by atoms with E-state index in [1.54, 1.807) is 36.0 Å². The Morgan fingerprint density at radius 3 is 2.95 bits per heavy atom. The van der Waals surface area contributed by atoms with Crippen LogP contribution in [0.15, 0.2) is 35.1 Å². The molecule has 0 bridgehead atoms. The molecule has 0 aliphatic heterocycles. The molecular weight excluding hydrogens is 248 g/mol. The molecule has 2 heterocycles. The van der Waals surface area contributed by atoms with Crippen molar-refractivity contribution >= 4 is 16.9 Å². The van der Waals surface area contributed by atoms with Crippen molar-refractivity contribution in [2.24, 2.45) is 7.05 Å². The van der Waals surface area contributed by atoms with Crippen LogP contribution in [0, 0.1) is 0 Å². The zero-order valence-corrected chi connectivity index (χ0v) is 9.99. The SMILES string of the molecule is Cn1cc(-c2oncc2C(=O)O)c2cccc(O)c21. The summed E-state index contributed by atoms with van der Waals surface area (Å²) in [6.07, 6.45) is 2.87. The summed E-state index contributed by atoms with van der Waals surface area (Å²) < 4.78 is 6.76. The van der Waals surface area contributed by atoms with Crippen LogP contribution >= 0.6 is 0 Å². The lowest BCUT2D eigenvalue weighted by Gasteiger charge is -1.98. The number of aromatic hydroxyl groups is 1. The van der Waals surface area contributed by atoms with Crippen LogP contribution in [-0.2, 0) is 7.05 Å². The maximum absolute atomic E-state index is 11.1. The molecular formula is C13H10N2O4. The summed E-state index contributed by atoms with van der Waals surface area (Å²) in [5.74, 6) is -0.792. The number of carboxylic acid groups (broad SMARTS) is 1. The third-order valence-corrected chi connectivity index (χ3v) is 3.03. The highest BCUT2D eigenvalue weighted by Gasteiger charge is 2.21. The Balaban J connectivity index is 2.35. The number of carbonyl (C=O) groups is 1. The molecule has 6 nitrogen and oxygen atoms in total. The van der Waals surface area contributed by atoms with E-state index in [1.807, 2.05) is 0 Å². The number of benzene rings is 1. The molecule has 0 saturated heterocycles. The lowest BCUT2D eigenvalue weighted by molar-refractivity contribution is 0.0697. The predicted octanol–water partition coefficient (Wildman–Crippen LogP) is 2.24. The quantitative estimate of drug-likeness (QED) is 0.735. The third kappa shape index (κ3) is 1.57. The maximum Gasteiger partial charge on any atom is 0.341 e. The molecule has 6 heteroatoms. The summed E-state index contributed by atoms with van der Waals surface area (Å²) in [5, 5.41) is 23.2. The molecule has 19 heavy (non-hydrogen) atoms. The number of fused-ring (bicyclic) bond motifs is 1. The normalized spacial score (nSPS) is 11.0. The van der Waals surface area contributed by atoms with E-state index in [-0.39, 0.29) is 17.1 Å². The van der Waals surface area contributed by atoms with Crippen LogP contribution in [0.4, 0.5) is 0 Å². The molecule has 2 N–H and O–H groups in total. The van der Waals surface area contributed by atoms with Crippen LogP contribution in [0.5, 0.6) is 5.75 Å². The first-order chi connectivity index (χ1) is 9.09. The lowest BCUT2D eigenvalue weighted by Crippen LogP contribution is -1.95. The van der Waals surface area contributed by atoms with E-state index in [0.29, 0.717) is 16.5 Å². The van der Waals surface area contributed by atoms with Gasteiger partial charge in [0.1, 0.15) is 11.3 Å². The second kappa shape index (κ2) is 3.88. The molecule has 0 spiro atoms. The minimum absolute atomic E-state index is 0.00385. The van der Waals surface area contributed by atoms with Crippen molar-refractivity contribution < 1.29 is 19.5 Å². The summed E-state index contributed by atoms with van der Waals surface area (Å²) in [6.45, 7) is 0. The van der Waals surface area contributed by atoms with Gasteiger partial charge in [-0.3, -0.25) is 0 Å². The van der Waals surface area contributed by atoms with Gasteiger partial charge >= 0.3 is 5.97 Å². The standard InChI is InChI=1S/C13H10N2O4/c1-15-6-9(7-3-2-4-10(16)11(7)15)12-8(13(17)18)5-14-19-12/h2-6,16H,1H3,(H,17,18). The van der Waals surface area contributed by atoms with Gasteiger partial charge < -0.3 is 19.3 Å². The molecule has 0 atom stereocenters. The number of aromatic carboxylic acids is 1. The van der Waals surface area contributed by atoms with Gasteiger partial charge in [-0.1, -0.05) is 17.3 Å². The zero-order valence-electron chi connectivity index (χ0n) is 9.99. The number of rotatable bonds is 2. The monoisotopic (exact) mass is 258 g/mol. The van der Waals surface area contributed by atoms with Gasteiger partial charge in [-0.25, -0.2) is 4.79 Å². The summed E-state index contributed by atoms with van der Waals surface area (Å²) in [5.41, 5.74) is 1.20. The highest BCUT2D eigenvalue weighted by molar-refractivity contribution is 6.03. The Labute approximate surface area is 107 Å². The van der Waals surface area contributed by atoms with E-state index in [9.17, 15) is 9.90 Å². The first-order valence-corrected chi connectivity index (χ1v) is 5.55. The van der Waals surface area contributed by atoms with E-state index in [4.69, 9.17) is 9.63 Å². The number of phenols is 1. The van der Waals surface area contributed by atoms with E-state index in [0.717, 1.165) is 0 Å². The number of aromatic nitrogens is 2.